The summed E-state index contributed by atoms with van der Waals surface area (Å²) in [4.78, 5) is 26.8. The van der Waals surface area contributed by atoms with Crippen molar-refractivity contribution < 1.29 is 9.59 Å². The highest BCUT2D eigenvalue weighted by Crippen LogP contribution is 2.17. The van der Waals surface area contributed by atoms with Crippen molar-refractivity contribution in [2.75, 3.05) is 26.7 Å². The zero-order chi connectivity index (χ0) is 12.4. The predicted octanol–water partition coefficient (Wildman–Crippen LogP) is 0.496. The maximum Gasteiger partial charge on any atom is 0.285 e. The van der Waals surface area contributed by atoms with Gasteiger partial charge in [-0.15, -0.1) is 10.2 Å². The van der Waals surface area contributed by atoms with Crippen LogP contribution in [0.2, 0.25) is 4.47 Å². The summed E-state index contributed by atoms with van der Waals surface area (Å²) in [5, 5.41) is 7.50. The summed E-state index contributed by atoms with van der Waals surface area (Å²) in [6.07, 6.45) is 0.764. The first-order valence-corrected chi connectivity index (χ1v) is 6.29. The second kappa shape index (κ2) is 4.97. The molecule has 1 aliphatic heterocycles. The van der Waals surface area contributed by atoms with E-state index >= 15 is 0 Å². The maximum absolute atomic E-state index is 12.0. The van der Waals surface area contributed by atoms with Crippen molar-refractivity contribution in [3.63, 3.8) is 0 Å². The van der Waals surface area contributed by atoms with Crippen molar-refractivity contribution in [2.45, 2.75) is 6.42 Å². The van der Waals surface area contributed by atoms with Gasteiger partial charge in [0.1, 0.15) is 6.54 Å². The van der Waals surface area contributed by atoms with Gasteiger partial charge in [-0.2, -0.15) is 0 Å². The summed E-state index contributed by atoms with van der Waals surface area (Å²) in [5.41, 5.74) is 0. The van der Waals surface area contributed by atoms with Gasteiger partial charge in [-0.25, -0.2) is 0 Å². The van der Waals surface area contributed by atoms with Crippen LogP contribution in [0.1, 0.15) is 16.2 Å². The Morgan fingerprint density at radius 2 is 2.18 bits per heavy atom. The van der Waals surface area contributed by atoms with Crippen LogP contribution in [0.3, 0.4) is 0 Å². The van der Waals surface area contributed by atoms with E-state index in [2.05, 4.69) is 10.2 Å². The number of amides is 2. The molecule has 0 saturated carbocycles. The third-order valence-electron chi connectivity index (χ3n) is 2.54. The Labute approximate surface area is 107 Å². The van der Waals surface area contributed by atoms with Crippen molar-refractivity contribution in [1.82, 2.24) is 20.0 Å². The van der Waals surface area contributed by atoms with Gasteiger partial charge in [0.2, 0.25) is 15.4 Å². The van der Waals surface area contributed by atoms with Crippen LogP contribution in [-0.4, -0.2) is 58.5 Å². The van der Waals surface area contributed by atoms with Crippen LogP contribution < -0.4 is 0 Å². The average Bonchev–Trinajstić information content (AvgIpc) is 2.65. The van der Waals surface area contributed by atoms with Gasteiger partial charge in [-0.1, -0.05) is 11.3 Å². The van der Waals surface area contributed by atoms with E-state index in [0.717, 1.165) is 17.8 Å². The monoisotopic (exact) mass is 274 g/mol. The summed E-state index contributed by atoms with van der Waals surface area (Å²) in [6, 6.07) is 0. The number of carbonyl (C=O) groups is 2. The highest BCUT2D eigenvalue weighted by molar-refractivity contribution is 7.17. The zero-order valence-electron chi connectivity index (χ0n) is 9.22. The van der Waals surface area contributed by atoms with Gasteiger partial charge in [0, 0.05) is 20.1 Å². The van der Waals surface area contributed by atoms with E-state index in [9.17, 15) is 9.59 Å². The number of carbonyl (C=O) groups excluding carboxylic acids is 2. The Hall–Kier alpha value is -1.21. The third-order valence-corrected chi connectivity index (χ3v) is 3.55. The lowest BCUT2D eigenvalue weighted by Gasteiger charge is -2.17. The normalized spacial score (nSPS) is 17.2. The van der Waals surface area contributed by atoms with Gasteiger partial charge in [0.25, 0.3) is 5.91 Å². The van der Waals surface area contributed by atoms with Crippen LogP contribution in [0.4, 0.5) is 0 Å². The number of aromatic nitrogens is 2. The maximum atomic E-state index is 12.0. The molecule has 0 spiro atoms. The quantitative estimate of drug-likeness (QED) is 0.748. The minimum Gasteiger partial charge on any atom is -0.344 e. The molecule has 2 rings (SSSR count). The van der Waals surface area contributed by atoms with Gasteiger partial charge >= 0.3 is 0 Å². The van der Waals surface area contributed by atoms with Gasteiger partial charge in [-0.3, -0.25) is 9.59 Å². The van der Waals surface area contributed by atoms with E-state index in [-0.39, 0.29) is 27.8 Å². The molecule has 0 atom stereocenters. The van der Waals surface area contributed by atoms with E-state index in [1.807, 2.05) is 0 Å². The second-order valence-electron chi connectivity index (χ2n) is 3.76. The van der Waals surface area contributed by atoms with Crippen molar-refractivity contribution in [2.24, 2.45) is 0 Å². The minimum atomic E-state index is -0.280. The molecule has 1 aromatic rings. The number of halogens is 1. The lowest BCUT2D eigenvalue weighted by molar-refractivity contribution is -0.129. The fourth-order valence-electron chi connectivity index (χ4n) is 1.59. The number of rotatable bonds is 1. The predicted molar refractivity (Wildman–Crippen MR) is 63.1 cm³/mol. The van der Waals surface area contributed by atoms with E-state index in [1.165, 1.54) is 4.90 Å². The fraction of sp³-hybridized carbons (Fsp3) is 0.556. The van der Waals surface area contributed by atoms with Crippen LogP contribution in [0.15, 0.2) is 0 Å². The van der Waals surface area contributed by atoms with Gasteiger partial charge in [0.05, 0.1) is 0 Å². The Kier molecular flexibility index (Phi) is 3.58. The lowest BCUT2D eigenvalue weighted by atomic mass is 10.4. The Balaban J connectivity index is 2.11. The third kappa shape index (κ3) is 2.73. The first-order chi connectivity index (χ1) is 8.08. The number of likely N-dealkylation sites (N-methyl/N-ethyl adjacent to an activating group) is 1. The largest absolute Gasteiger partial charge is 0.344 e. The molecule has 2 amide bonds. The van der Waals surface area contributed by atoms with Crippen LogP contribution in [0, 0.1) is 0 Å². The summed E-state index contributed by atoms with van der Waals surface area (Å²) in [6.45, 7) is 1.30. The van der Waals surface area contributed by atoms with Crippen LogP contribution >= 0.6 is 22.9 Å². The van der Waals surface area contributed by atoms with Crippen molar-refractivity contribution >= 4 is 34.8 Å². The number of nitrogens with zero attached hydrogens (tertiary/aromatic N) is 4. The highest BCUT2D eigenvalue weighted by atomic mass is 35.5. The van der Waals surface area contributed by atoms with Crippen molar-refractivity contribution in [1.29, 1.82) is 0 Å². The molecule has 1 saturated heterocycles. The van der Waals surface area contributed by atoms with Crippen LogP contribution in [0.5, 0.6) is 0 Å². The first-order valence-electron chi connectivity index (χ1n) is 5.10. The van der Waals surface area contributed by atoms with E-state index in [4.69, 9.17) is 11.6 Å². The summed E-state index contributed by atoms with van der Waals surface area (Å²) in [7, 11) is 1.73. The lowest BCUT2D eigenvalue weighted by Crippen LogP contribution is -2.38. The zero-order valence-corrected chi connectivity index (χ0v) is 10.8. The average molecular weight is 275 g/mol. The SMILES string of the molecule is CN1CCCN(C(=O)c2nnc(Cl)s2)CC1=O. The molecule has 92 valence electrons. The number of hydrogen-bond donors (Lipinski definition) is 0. The van der Waals surface area contributed by atoms with Gasteiger partial charge in [-0.05, 0) is 18.0 Å². The molecule has 0 N–H and O–H groups in total. The molecule has 8 heteroatoms. The molecule has 1 aromatic heterocycles. The molecule has 0 aromatic carbocycles. The van der Waals surface area contributed by atoms with E-state index in [1.54, 1.807) is 11.9 Å². The molecule has 0 unspecified atom stereocenters. The van der Waals surface area contributed by atoms with Crippen molar-refractivity contribution in [3.8, 4) is 0 Å². The van der Waals surface area contributed by atoms with E-state index < -0.39 is 0 Å². The molecule has 1 aliphatic rings. The summed E-state index contributed by atoms with van der Waals surface area (Å²) < 4.78 is 0.228. The fourth-order valence-corrected chi connectivity index (χ4v) is 2.38. The van der Waals surface area contributed by atoms with Crippen LogP contribution in [0.25, 0.3) is 0 Å². The molecule has 0 bridgehead atoms. The molecule has 0 radical (unpaired) electrons. The standard InChI is InChI=1S/C9H11ClN4O2S/c1-13-3-2-4-14(5-6(13)15)8(16)7-11-12-9(10)17-7/h2-5H2,1H3. The highest BCUT2D eigenvalue weighted by Gasteiger charge is 2.25. The molecule has 1 fully saturated rings. The number of hydrogen-bond acceptors (Lipinski definition) is 5. The molecule has 2 heterocycles. The molecular weight excluding hydrogens is 264 g/mol. The van der Waals surface area contributed by atoms with Gasteiger partial charge in [0.15, 0.2) is 0 Å². The van der Waals surface area contributed by atoms with Crippen molar-refractivity contribution in [3.05, 3.63) is 9.47 Å². The Morgan fingerprint density at radius 1 is 1.41 bits per heavy atom. The first kappa shape index (κ1) is 12.3. The molecule has 6 nitrogen and oxygen atoms in total. The Morgan fingerprint density at radius 3 is 2.82 bits per heavy atom. The molecular formula is C9H11ClN4O2S. The van der Waals surface area contributed by atoms with Crippen LogP contribution in [-0.2, 0) is 4.79 Å². The molecule has 0 aliphatic carbocycles. The smallest absolute Gasteiger partial charge is 0.285 e. The summed E-state index contributed by atoms with van der Waals surface area (Å²) >= 11 is 6.65. The summed E-state index contributed by atoms with van der Waals surface area (Å²) in [5.74, 6) is -0.343. The molecule has 17 heavy (non-hydrogen) atoms. The second-order valence-corrected chi connectivity index (χ2v) is 5.32. The topological polar surface area (TPSA) is 66.4 Å². The van der Waals surface area contributed by atoms with Gasteiger partial charge < -0.3 is 9.80 Å². The van der Waals surface area contributed by atoms with E-state index in [0.29, 0.717) is 13.1 Å². The minimum absolute atomic E-state index is 0.0635. The Bertz CT molecular complexity index is 450.